The van der Waals surface area contributed by atoms with E-state index in [4.69, 9.17) is 4.74 Å². The van der Waals surface area contributed by atoms with Crippen LogP contribution in [0.15, 0.2) is 60.7 Å². The van der Waals surface area contributed by atoms with Crippen LogP contribution in [0, 0.1) is 6.92 Å². The number of aromatic nitrogens is 2. The SMILES string of the molecule is CC(=O)NCCCCCC(=O)OCC(=O)Nc1cc(-c2ccc(C)cc2)nn1-c1ccccc1. The summed E-state index contributed by atoms with van der Waals surface area (Å²) >= 11 is 0. The van der Waals surface area contributed by atoms with Crippen LogP contribution in [-0.2, 0) is 19.1 Å². The van der Waals surface area contributed by atoms with Gasteiger partial charge in [0.05, 0.1) is 11.4 Å². The number of aryl methyl sites for hydroxylation is 1. The van der Waals surface area contributed by atoms with E-state index >= 15 is 0 Å². The molecule has 0 fully saturated rings. The highest BCUT2D eigenvalue weighted by molar-refractivity contribution is 5.93. The van der Waals surface area contributed by atoms with Gasteiger partial charge in [-0.05, 0) is 31.9 Å². The second kappa shape index (κ2) is 12.3. The van der Waals surface area contributed by atoms with Gasteiger partial charge in [-0.15, -0.1) is 0 Å². The fourth-order valence-corrected chi connectivity index (χ4v) is 3.33. The van der Waals surface area contributed by atoms with Gasteiger partial charge in [0.2, 0.25) is 5.91 Å². The summed E-state index contributed by atoms with van der Waals surface area (Å²) in [5.41, 5.74) is 3.60. The predicted octanol–water partition coefficient (Wildman–Crippen LogP) is 4.03. The number of nitrogens with one attached hydrogen (secondary N) is 2. The number of nitrogens with zero attached hydrogens (tertiary/aromatic N) is 2. The second-order valence-corrected chi connectivity index (χ2v) is 8.03. The maximum Gasteiger partial charge on any atom is 0.306 e. The van der Waals surface area contributed by atoms with E-state index in [1.54, 1.807) is 10.7 Å². The number of hydrogen-bond donors (Lipinski definition) is 2. The average molecular weight is 463 g/mol. The number of unbranched alkanes of at least 4 members (excludes halogenated alkanes) is 2. The Kier molecular flexibility index (Phi) is 8.96. The summed E-state index contributed by atoms with van der Waals surface area (Å²) in [5.74, 6) is -0.441. The number of rotatable bonds is 11. The van der Waals surface area contributed by atoms with Crippen LogP contribution in [0.5, 0.6) is 0 Å². The molecule has 0 saturated carbocycles. The molecule has 34 heavy (non-hydrogen) atoms. The lowest BCUT2D eigenvalue weighted by Gasteiger charge is -2.09. The highest BCUT2D eigenvalue weighted by Crippen LogP contribution is 2.25. The summed E-state index contributed by atoms with van der Waals surface area (Å²) in [7, 11) is 0. The Morgan fingerprint density at radius 1 is 0.971 bits per heavy atom. The third-order valence-corrected chi connectivity index (χ3v) is 5.12. The fourth-order valence-electron chi connectivity index (χ4n) is 3.33. The molecule has 8 heteroatoms. The lowest BCUT2D eigenvalue weighted by Crippen LogP contribution is -2.22. The summed E-state index contributed by atoms with van der Waals surface area (Å²) in [4.78, 5) is 35.3. The molecule has 8 nitrogen and oxygen atoms in total. The molecule has 0 aliphatic carbocycles. The number of esters is 1. The number of benzene rings is 2. The molecule has 0 spiro atoms. The summed E-state index contributed by atoms with van der Waals surface area (Å²) < 4.78 is 6.78. The molecule has 0 atom stereocenters. The van der Waals surface area contributed by atoms with Crippen LogP contribution in [0.1, 0.15) is 38.2 Å². The molecule has 0 aliphatic heterocycles. The molecule has 0 unspecified atom stereocenters. The van der Waals surface area contributed by atoms with Crippen molar-refractivity contribution in [3.8, 4) is 16.9 Å². The number of carbonyl (C=O) groups is 3. The minimum atomic E-state index is -0.438. The number of para-hydroxylation sites is 1. The Bertz CT molecular complexity index is 1110. The van der Waals surface area contributed by atoms with Crippen molar-refractivity contribution in [3.05, 3.63) is 66.2 Å². The van der Waals surface area contributed by atoms with E-state index in [-0.39, 0.29) is 18.9 Å². The van der Waals surface area contributed by atoms with Crippen LogP contribution < -0.4 is 10.6 Å². The molecule has 2 aromatic carbocycles. The third kappa shape index (κ3) is 7.58. The van der Waals surface area contributed by atoms with Crippen LogP contribution in [0.25, 0.3) is 16.9 Å². The molecule has 2 N–H and O–H groups in total. The lowest BCUT2D eigenvalue weighted by molar-refractivity contribution is -0.147. The zero-order chi connectivity index (χ0) is 24.3. The van der Waals surface area contributed by atoms with E-state index in [1.807, 2.05) is 61.5 Å². The van der Waals surface area contributed by atoms with Crippen LogP contribution in [-0.4, -0.2) is 40.7 Å². The van der Waals surface area contributed by atoms with E-state index in [1.165, 1.54) is 6.92 Å². The Balaban J connectivity index is 1.57. The van der Waals surface area contributed by atoms with Gasteiger partial charge < -0.3 is 15.4 Å². The monoisotopic (exact) mass is 462 g/mol. The van der Waals surface area contributed by atoms with Crippen LogP contribution in [0.4, 0.5) is 5.82 Å². The van der Waals surface area contributed by atoms with Gasteiger partial charge in [-0.25, -0.2) is 4.68 Å². The van der Waals surface area contributed by atoms with Gasteiger partial charge in [-0.2, -0.15) is 5.10 Å². The number of amides is 2. The molecule has 1 heterocycles. The van der Waals surface area contributed by atoms with Crippen LogP contribution in [0.3, 0.4) is 0 Å². The van der Waals surface area contributed by atoms with Gasteiger partial charge in [0.1, 0.15) is 5.82 Å². The van der Waals surface area contributed by atoms with E-state index in [0.717, 1.165) is 35.3 Å². The molecule has 3 aromatic rings. The van der Waals surface area contributed by atoms with E-state index < -0.39 is 11.9 Å². The normalized spacial score (nSPS) is 10.5. The van der Waals surface area contributed by atoms with Crippen molar-refractivity contribution in [1.82, 2.24) is 15.1 Å². The zero-order valence-corrected chi connectivity index (χ0v) is 19.5. The fraction of sp³-hybridized carbons (Fsp3) is 0.308. The zero-order valence-electron chi connectivity index (χ0n) is 19.5. The molecule has 0 radical (unpaired) electrons. The van der Waals surface area contributed by atoms with Crippen molar-refractivity contribution in [2.45, 2.75) is 39.5 Å². The number of ether oxygens (including phenoxy) is 1. The van der Waals surface area contributed by atoms with Gasteiger partial charge in [-0.3, -0.25) is 14.4 Å². The third-order valence-electron chi connectivity index (χ3n) is 5.12. The molecule has 178 valence electrons. The first kappa shape index (κ1) is 24.7. The average Bonchev–Trinajstić information content (AvgIpc) is 3.24. The first-order valence-corrected chi connectivity index (χ1v) is 11.3. The van der Waals surface area contributed by atoms with E-state index in [2.05, 4.69) is 15.7 Å². The quantitative estimate of drug-likeness (QED) is 0.331. The maximum absolute atomic E-state index is 12.5. The van der Waals surface area contributed by atoms with Crippen molar-refractivity contribution in [3.63, 3.8) is 0 Å². The van der Waals surface area contributed by atoms with Gasteiger partial charge >= 0.3 is 5.97 Å². The van der Waals surface area contributed by atoms with Gasteiger partial charge in [-0.1, -0.05) is 54.4 Å². The lowest BCUT2D eigenvalue weighted by atomic mass is 10.1. The maximum atomic E-state index is 12.5. The highest BCUT2D eigenvalue weighted by Gasteiger charge is 2.15. The smallest absolute Gasteiger partial charge is 0.306 e. The number of hydrogen-bond acceptors (Lipinski definition) is 5. The molecule has 2 amide bonds. The Hall–Kier alpha value is -3.94. The molecule has 3 rings (SSSR count). The van der Waals surface area contributed by atoms with Crippen LogP contribution in [0.2, 0.25) is 0 Å². The first-order valence-electron chi connectivity index (χ1n) is 11.3. The molecule has 1 aromatic heterocycles. The number of anilines is 1. The van der Waals surface area contributed by atoms with E-state index in [0.29, 0.717) is 18.8 Å². The molecule has 0 saturated heterocycles. The summed E-state index contributed by atoms with van der Waals surface area (Å²) in [6.45, 7) is 3.71. The summed E-state index contributed by atoms with van der Waals surface area (Å²) in [5, 5.41) is 10.2. The van der Waals surface area contributed by atoms with Crippen molar-refractivity contribution < 1.29 is 19.1 Å². The molecule has 0 bridgehead atoms. The molecule has 0 aliphatic rings. The predicted molar refractivity (Wildman–Crippen MR) is 130 cm³/mol. The Labute approximate surface area is 199 Å². The Morgan fingerprint density at radius 2 is 1.71 bits per heavy atom. The largest absolute Gasteiger partial charge is 0.456 e. The van der Waals surface area contributed by atoms with E-state index in [9.17, 15) is 14.4 Å². The molecular weight excluding hydrogens is 432 g/mol. The van der Waals surface area contributed by atoms with Crippen molar-refractivity contribution >= 4 is 23.6 Å². The molecular formula is C26H30N4O4. The minimum Gasteiger partial charge on any atom is -0.456 e. The summed E-state index contributed by atoms with van der Waals surface area (Å²) in [6, 6.07) is 19.3. The highest BCUT2D eigenvalue weighted by atomic mass is 16.5. The Morgan fingerprint density at radius 3 is 2.41 bits per heavy atom. The van der Waals surface area contributed by atoms with Crippen LogP contribution >= 0.6 is 0 Å². The summed E-state index contributed by atoms with van der Waals surface area (Å²) in [6.07, 6.45) is 2.45. The van der Waals surface area contributed by atoms with Gasteiger partial charge in [0.15, 0.2) is 6.61 Å². The van der Waals surface area contributed by atoms with Crippen molar-refractivity contribution in [2.24, 2.45) is 0 Å². The first-order chi connectivity index (χ1) is 16.4. The number of carbonyl (C=O) groups excluding carboxylic acids is 3. The van der Waals surface area contributed by atoms with Crippen molar-refractivity contribution in [2.75, 3.05) is 18.5 Å². The standard InChI is InChI=1S/C26H30N4O4/c1-19-12-14-21(15-13-19)23-17-24(30(29-23)22-9-5-3-6-10-22)28-25(32)18-34-26(33)11-7-4-8-16-27-20(2)31/h3,5-6,9-10,12-15,17H,4,7-8,11,16,18H2,1-2H3,(H,27,31)(H,28,32). The van der Waals surface area contributed by atoms with Crippen molar-refractivity contribution in [1.29, 1.82) is 0 Å². The van der Waals surface area contributed by atoms with Gasteiger partial charge in [0, 0.05) is 31.5 Å². The second-order valence-electron chi connectivity index (χ2n) is 8.03. The minimum absolute atomic E-state index is 0.0648. The van der Waals surface area contributed by atoms with Gasteiger partial charge in [0.25, 0.3) is 5.91 Å². The topological polar surface area (TPSA) is 102 Å².